The van der Waals surface area contributed by atoms with Gasteiger partial charge in [-0.2, -0.15) is 0 Å². The minimum Gasteiger partial charge on any atom is -0.481 e. The SMILES string of the molecule is CC1CC[C@@H]2C3[C@@H](O1)O[C@H](OCc1ccc(C(=O)N[C@@H]4CCC[C@@H](C(=O)O)C4)cc1)[C@H](C)[C@@H]3CC[C@H]2C. The van der Waals surface area contributed by atoms with Crippen LogP contribution < -0.4 is 5.32 Å². The van der Waals surface area contributed by atoms with Gasteiger partial charge >= 0.3 is 5.97 Å². The number of amides is 1. The van der Waals surface area contributed by atoms with E-state index in [1.807, 2.05) is 24.3 Å². The third-order valence-electron chi connectivity index (χ3n) is 9.62. The summed E-state index contributed by atoms with van der Waals surface area (Å²) in [5.41, 5.74) is 1.57. The van der Waals surface area contributed by atoms with Gasteiger partial charge in [0.1, 0.15) is 0 Å². The lowest BCUT2D eigenvalue weighted by Crippen LogP contribution is -2.53. The van der Waals surface area contributed by atoms with Gasteiger partial charge in [0.25, 0.3) is 5.91 Å². The minimum atomic E-state index is -0.770. The van der Waals surface area contributed by atoms with Crippen LogP contribution in [0.4, 0.5) is 0 Å². The van der Waals surface area contributed by atoms with Gasteiger partial charge in [-0.15, -0.1) is 0 Å². The first-order chi connectivity index (χ1) is 17.8. The molecule has 4 aliphatic rings. The summed E-state index contributed by atoms with van der Waals surface area (Å²) < 4.78 is 19.2. The standard InChI is InChI=1S/C30H43NO6/c1-17-7-13-25-19(3)29(37-30-26(25)24(17)14-8-18(2)36-30)35-16-20-9-11-21(12-10-20)27(32)31-23-6-4-5-22(15-23)28(33)34/h9-12,17-19,22-26,29-30H,4-8,13-16H2,1-3H3,(H,31,32)(H,33,34)/t17-,18?,19-,22-,23-,24+,25+,26?,29+,30+/m1/s1. The zero-order valence-electron chi connectivity index (χ0n) is 22.4. The van der Waals surface area contributed by atoms with E-state index in [-0.39, 0.29) is 36.6 Å². The molecule has 0 spiro atoms. The fraction of sp³-hybridized carbons (Fsp3) is 0.733. The molecule has 0 bridgehead atoms. The molecule has 2 saturated heterocycles. The third kappa shape index (κ3) is 5.89. The Kier molecular flexibility index (Phi) is 8.22. The Morgan fingerprint density at radius 2 is 1.73 bits per heavy atom. The molecule has 1 aromatic rings. The fourth-order valence-corrected chi connectivity index (χ4v) is 7.38. The number of benzene rings is 1. The molecule has 0 radical (unpaired) electrons. The van der Waals surface area contributed by atoms with E-state index in [9.17, 15) is 14.7 Å². The lowest BCUT2D eigenvalue weighted by Gasteiger charge is -2.51. The van der Waals surface area contributed by atoms with Crippen molar-refractivity contribution in [3.05, 3.63) is 35.4 Å². The lowest BCUT2D eigenvalue weighted by molar-refractivity contribution is -0.336. The largest absolute Gasteiger partial charge is 0.481 e. The summed E-state index contributed by atoms with van der Waals surface area (Å²) >= 11 is 0. The van der Waals surface area contributed by atoms with Gasteiger partial charge in [0, 0.05) is 23.4 Å². The average Bonchev–Trinajstić information content (AvgIpc) is 3.06. The number of nitrogens with one attached hydrogen (secondary N) is 1. The van der Waals surface area contributed by atoms with Crippen molar-refractivity contribution >= 4 is 11.9 Å². The third-order valence-corrected chi connectivity index (χ3v) is 9.62. The predicted octanol–water partition coefficient (Wildman–Crippen LogP) is 5.37. The molecule has 7 heteroatoms. The summed E-state index contributed by atoms with van der Waals surface area (Å²) in [5, 5.41) is 12.3. The van der Waals surface area contributed by atoms with Gasteiger partial charge in [0.05, 0.1) is 18.6 Å². The zero-order valence-corrected chi connectivity index (χ0v) is 22.4. The maximum absolute atomic E-state index is 12.7. The van der Waals surface area contributed by atoms with Crippen LogP contribution in [0.25, 0.3) is 0 Å². The molecule has 10 atom stereocenters. The van der Waals surface area contributed by atoms with Gasteiger partial charge in [-0.05, 0) is 80.9 Å². The van der Waals surface area contributed by atoms with Gasteiger partial charge in [-0.25, -0.2) is 0 Å². The number of rotatable bonds is 6. The van der Waals surface area contributed by atoms with Crippen molar-refractivity contribution in [1.82, 2.24) is 5.32 Å². The monoisotopic (exact) mass is 513 g/mol. The first-order valence-corrected chi connectivity index (χ1v) is 14.3. The van der Waals surface area contributed by atoms with E-state index in [0.29, 0.717) is 48.7 Å². The van der Waals surface area contributed by atoms with E-state index in [0.717, 1.165) is 30.7 Å². The van der Waals surface area contributed by atoms with Crippen molar-refractivity contribution in [2.45, 2.75) is 103 Å². The van der Waals surface area contributed by atoms with Crippen LogP contribution >= 0.6 is 0 Å². The molecule has 2 heterocycles. The number of carboxylic acid groups (broad SMARTS) is 1. The molecule has 37 heavy (non-hydrogen) atoms. The highest BCUT2D eigenvalue weighted by Crippen LogP contribution is 2.52. The van der Waals surface area contributed by atoms with Gasteiger partial charge in [-0.1, -0.05) is 38.8 Å². The molecule has 5 rings (SSSR count). The highest BCUT2D eigenvalue weighted by molar-refractivity contribution is 5.94. The summed E-state index contributed by atoms with van der Waals surface area (Å²) in [5.74, 6) is 1.42. The van der Waals surface area contributed by atoms with Crippen LogP contribution in [0.1, 0.15) is 88.1 Å². The quantitative estimate of drug-likeness (QED) is 0.531. The van der Waals surface area contributed by atoms with Crippen LogP contribution in [0.5, 0.6) is 0 Å². The first kappa shape index (κ1) is 26.6. The van der Waals surface area contributed by atoms with Crippen molar-refractivity contribution in [1.29, 1.82) is 0 Å². The second-order valence-electron chi connectivity index (χ2n) is 12.1. The number of carboxylic acids is 1. The molecule has 204 valence electrons. The molecule has 1 amide bonds. The Balaban J connectivity index is 1.17. The van der Waals surface area contributed by atoms with Crippen molar-refractivity contribution < 1.29 is 28.9 Å². The van der Waals surface area contributed by atoms with E-state index < -0.39 is 5.97 Å². The molecule has 4 fully saturated rings. The molecule has 0 aromatic heterocycles. The second kappa shape index (κ2) is 11.4. The lowest BCUT2D eigenvalue weighted by atomic mass is 9.61. The normalized spacial score (nSPS) is 39.8. The first-order valence-electron chi connectivity index (χ1n) is 14.3. The van der Waals surface area contributed by atoms with Crippen molar-refractivity contribution in [3.8, 4) is 0 Å². The Morgan fingerprint density at radius 3 is 2.49 bits per heavy atom. The van der Waals surface area contributed by atoms with Crippen LogP contribution in [0, 0.1) is 35.5 Å². The Bertz CT molecular complexity index is 950. The summed E-state index contributed by atoms with van der Waals surface area (Å²) in [6.45, 7) is 7.23. The molecular formula is C30H43NO6. The van der Waals surface area contributed by atoms with Crippen LogP contribution in [0.3, 0.4) is 0 Å². The number of hydrogen-bond acceptors (Lipinski definition) is 5. The molecular weight excluding hydrogens is 470 g/mol. The summed E-state index contributed by atoms with van der Waals surface area (Å²) in [6, 6.07) is 7.39. The van der Waals surface area contributed by atoms with E-state index in [1.165, 1.54) is 19.3 Å². The van der Waals surface area contributed by atoms with Gasteiger partial charge in [-0.3, -0.25) is 9.59 Å². The predicted molar refractivity (Wildman–Crippen MR) is 139 cm³/mol. The Morgan fingerprint density at radius 1 is 0.973 bits per heavy atom. The second-order valence-corrected chi connectivity index (χ2v) is 12.1. The van der Waals surface area contributed by atoms with Crippen LogP contribution in [0.15, 0.2) is 24.3 Å². The minimum absolute atomic E-state index is 0.0876. The van der Waals surface area contributed by atoms with Crippen LogP contribution in [0.2, 0.25) is 0 Å². The maximum Gasteiger partial charge on any atom is 0.306 e. The van der Waals surface area contributed by atoms with Crippen LogP contribution in [-0.4, -0.2) is 41.7 Å². The molecule has 1 aromatic carbocycles. The van der Waals surface area contributed by atoms with Crippen molar-refractivity contribution in [2.75, 3.05) is 0 Å². The molecule has 2 N–H and O–H groups in total. The van der Waals surface area contributed by atoms with Gasteiger partial charge < -0.3 is 24.6 Å². The molecule has 2 aliphatic heterocycles. The average molecular weight is 514 g/mol. The number of hydrogen-bond donors (Lipinski definition) is 2. The van der Waals surface area contributed by atoms with Crippen molar-refractivity contribution in [2.24, 2.45) is 35.5 Å². The summed E-state index contributed by atoms with van der Waals surface area (Å²) in [7, 11) is 0. The molecule has 2 saturated carbocycles. The number of carbonyl (C=O) groups is 2. The highest BCUT2D eigenvalue weighted by atomic mass is 16.8. The summed E-state index contributed by atoms with van der Waals surface area (Å²) in [4.78, 5) is 24.1. The topological polar surface area (TPSA) is 94.1 Å². The maximum atomic E-state index is 12.7. The molecule has 7 nitrogen and oxygen atoms in total. The smallest absolute Gasteiger partial charge is 0.306 e. The highest BCUT2D eigenvalue weighted by Gasteiger charge is 2.52. The number of carbonyl (C=O) groups excluding carboxylic acids is 1. The van der Waals surface area contributed by atoms with Gasteiger partial charge in [0.15, 0.2) is 12.6 Å². The zero-order chi connectivity index (χ0) is 26.1. The Labute approximate surface area is 220 Å². The number of ether oxygens (including phenoxy) is 3. The van der Waals surface area contributed by atoms with Crippen LogP contribution in [-0.2, 0) is 25.6 Å². The Hall–Kier alpha value is -1.96. The summed E-state index contributed by atoms with van der Waals surface area (Å²) in [6.07, 6.45) is 7.35. The molecule has 2 unspecified atom stereocenters. The van der Waals surface area contributed by atoms with E-state index in [1.54, 1.807) is 0 Å². The number of aliphatic carboxylic acids is 1. The van der Waals surface area contributed by atoms with Gasteiger partial charge in [0.2, 0.25) is 0 Å². The van der Waals surface area contributed by atoms with E-state index >= 15 is 0 Å². The molecule has 2 aliphatic carbocycles. The fourth-order valence-electron chi connectivity index (χ4n) is 7.38. The van der Waals surface area contributed by atoms with E-state index in [2.05, 4.69) is 26.1 Å². The van der Waals surface area contributed by atoms with E-state index in [4.69, 9.17) is 14.2 Å². The van der Waals surface area contributed by atoms with Crippen molar-refractivity contribution in [3.63, 3.8) is 0 Å².